The molecule has 2 aromatic heterocycles. The van der Waals surface area contributed by atoms with E-state index in [2.05, 4.69) is 4.98 Å². The highest BCUT2D eigenvalue weighted by Crippen LogP contribution is 2.21. The zero-order valence-corrected chi connectivity index (χ0v) is 10.6. The van der Waals surface area contributed by atoms with E-state index < -0.39 is 9.84 Å². The first-order valence-electron chi connectivity index (χ1n) is 4.86. The van der Waals surface area contributed by atoms with Crippen LogP contribution in [0.25, 0.3) is 0 Å². The highest BCUT2D eigenvalue weighted by atomic mass is 35.5. The molecule has 0 spiro atoms. The molecule has 0 aliphatic heterocycles. The molecule has 2 aromatic rings. The van der Waals surface area contributed by atoms with Crippen LogP contribution in [0, 0.1) is 6.92 Å². The Bertz CT molecular complexity index is 634. The molecule has 0 aliphatic carbocycles. The van der Waals surface area contributed by atoms with Gasteiger partial charge in [0, 0.05) is 6.20 Å². The van der Waals surface area contributed by atoms with Crippen molar-refractivity contribution in [3.63, 3.8) is 0 Å². The average Bonchev–Trinajstić information content (AvgIpc) is 2.64. The van der Waals surface area contributed by atoms with E-state index in [1.54, 1.807) is 13.0 Å². The van der Waals surface area contributed by atoms with Crippen LogP contribution in [0.4, 0.5) is 0 Å². The van der Waals surface area contributed by atoms with Crippen molar-refractivity contribution < 1.29 is 12.8 Å². The average molecular weight is 272 g/mol. The highest BCUT2D eigenvalue weighted by Gasteiger charge is 2.19. The van der Waals surface area contributed by atoms with E-state index in [1.807, 2.05) is 0 Å². The Morgan fingerprint density at radius 3 is 2.76 bits per heavy atom. The summed E-state index contributed by atoms with van der Waals surface area (Å²) in [6, 6.07) is 4.61. The molecule has 0 saturated carbocycles. The largest absolute Gasteiger partial charge is 0.468 e. The maximum absolute atomic E-state index is 12.1. The SMILES string of the molecule is Cc1occc1S(=O)(=O)Cc1ccnc(Cl)c1. The summed E-state index contributed by atoms with van der Waals surface area (Å²) in [5, 5.41) is 0.279. The number of rotatable bonds is 3. The van der Waals surface area contributed by atoms with E-state index in [4.69, 9.17) is 16.0 Å². The number of pyridine rings is 1. The molecular weight excluding hydrogens is 262 g/mol. The number of aryl methyl sites for hydroxylation is 1. The van der Waals surface area contributed by atoms with E-state index in [-0.39, 0.29) is 15.8 Å². The van der Waals surface area contributed by atoms with Gasteiger partial charge >= 0.3 is 0 Å². The minimum absolute atomic E-state index is 0.115. The van der Waals surface area contributed by atoms with Gasteiger partial charge in [0.1, 0.15) is 15.8 Å². The number of hydrogen-bond acceptors (Lipinski definition) is 4. The Balaban J connectivity index is 2.33. The normalized spacial score (nSPS) is 11.6. The second-order valence-corrected chi connectivity index (χ2v) is 5.93. The molecule has 2 heterocycles. The van der Waals surface area contributed by atoms with Crippen molar-refractivity contribution in [2.75, 3.05) is 0 Å². The number of furan rings is 1. The van der Waals surface area contributed by atoms with Crippen LogP contribution in [0.15, 0.2) is 40.0 Å². The molecular formula is C11H10ClNO3S. The summed E-state index contributed by atoms with van der Waals surface area (Å²) in [4.78, 5) is 4.02. The summed E-state index contributed by atoms with van der Waals surface area (Å²) in [5.41, 5.74) is 0.602. The number of sulfone groups is 1. The smallest absolute Gasteiger partial charge is 0.185 e. The number of nitrogens with zero attached hydrogens (tertiary/aromatic N) is 1. The van der Waals surface area contributed by atoms with Gasteiger partial charge in [0.2, 0.25) is 0 Å². The van der Waals surface area contributed by atoms with Gasteiger partial charge in [0.05, 0.1) is 12.0 Å². The third kappa shape index (κ3) is 2.68. The van der Waals surface area contributed by atoms with Crippen LogP contribution in [0.2, 0.25) is 5.15 Å². The molecule has 0 unspecified atom stereocenters. The van der Waals surface area contributed by atoms with Gasteiger partial charge in [0.25, 0.3) is 0 Å². The van der Waals surface area contributed by atoms with E-state index in [0.717, 1.165) is 0 Å². The number of hydrogen-bond donors (Lipinski definition) is 0. The monoisotopic (exact) mass is 271 g/mol. The van der Waals surface area contributed by atoms with Crippen LogP contribution in [-0.4, -0.2) is 13.4 Å². The summed E-state index contributed by atoms with van der Waals surface area (Å²) in [6.45, 7) is 1.62. The van der Waals surface area contributed by atoms with Crippen LogP contribution >= 0.6 is 11.6 Å². The maximum Gasteiger partial charge on any atom is 0.185 e. The Hall–Kier alpha value is -1.33. The molecule has 0 amide bonds. The standard InChI is InChI=1S/C11H10ClNO3S/c1-8-10(3-5-16-8)17(14,15)7-9-2-4-13-11(12)6-9/h2-6H,7H2,1H3. The van der Waals surface area contributed by atoms with Crippen molar-refractivity contribution in [2.24, 2.45) is 0 Å². The fourth-order valence-corrected chi connectivity index (χ4v) is 3.24. The van der Waals surface area contributed by atoms with Crippen molar-refractivity contribution in [1.29, 1.82) is 0 Å². The molecule has 0 N–H and O–H groups in total. The van der Waals surface area contributed by atoms with Crippen LogP contribution in [-0.2, 0) is 15.6 Å². The van der Waals surface area contributed by atoms with Gasteiger partial charge < -0.3 is 4.42 Å². The molecule has 0 aromatic carbocycles. The van der Waals surface area contributed by atoms with Gasteiger partial charge in [-0.05, 0) is 30.7 Å². The minimum atomic E-state index is -3.40. The molecule has 90 valence electrons. The second kappa shape index (κ2) is 4.50. The third-order valence-electron chi connectivity index (χ3n) is 2.29. The Kier molecular flexibility index (Phi) is 3.22. The number of halogens is 1. The van der Waals surface area contributed by atoms with E-state index in [1.165, 1.54) is 24.6 Å². The Morgan fingerprint density at radius 2 is 2.18 bits per heavy atom. The molecule has 0 radical (unpaired) electrons. The highest BCUT2D eigenvalue weighted by molar-refractivity contribution is 7.90. The molecule has 6 heteroatoms. The van der Waals surface area contributed by atoms with Gasteiger partial charge in [-0.2, -0.15) is 0 Å². The van der Waals surface area contributed by atoms with E-state index in [0.29, 0.717) is 11.3 Å². The van der Waals surface area contributed by atoms with Crippen LogP contribution < -0.4 is 0 Å². The topological polar surface area (TPSA) is 60.2 Å². The van der Waals surface area contributed by atoms with Crippen LogP contribution in [0.3, 0.4) is 0 Å². The molecule has 0 atom stereocenters. The zero-order chi connectivity index (χ0) is 12.5. The Labute approximate surface area is 104 Å². The van der Waals surface area contributed by atoms with Gasteiger partial charge in [-0.3, -0.25) is 0 Å². The Morgan fingerprint density at radius 1 is 1.41 bits per heavy atom. The lowest BCUT2D eigenvalue weighted by atomic mass is 10.3. The zero-order valence-electron chi connectivity index (χ0n) is 9.05. The molecule has 0 fully saturated rings. The van der Waals surface area contributed by atoms with Crippen molar-refractivity contribution in [3.8, 4) is 0 Å². The molecule has 0 aliphatic rings. The summed E-state index contributed by atoms with van der Waals surface area (Å²) in [5.74, 6) is 0.278. The first kappa shape index (κ1) is 12.1. The predicted molar refractivity (Wildman–Crippen MR) is 63.6 cm³/mol. The molecule has 17 heavy (non-hydrogen) atoms. The van der Waals surface area contributed by atoms with Gasteiger partial charge in [-0.25, -0.2) is 13.4 Å². The van der Waals surface area contributed by atoms with Gasteiger partial charge in [0.15, 0.2) is 9.84 Å². The third-order valence-corrected chi connectivity index (χ3v) is 4.31. The fourth-order valence-electron chi connectivity index (χ4n) is 1.53. The lowest BCUT2D eigenvalue weighted by Crippen LogP contribution is -2.05. The van der Waals surface area contributed by atoms with Crippen molar-refractivity contribution >= 4 is 21.4 Å². The first-order valence-corrected chi connectivity index (χ1v) is 6.89. The van der Waals surface area contributed by atoms with E-state index in [9.17, 15) is 8.42 Å². The van der Waals surface area contributed by atoms with Crippen molar-refractivity contribution in [3.05, 3.63) is 47.1 Å². The van der Waals surface area contributed by atoms with Crippen molar-refractivity contribution in [1.82, 2.24) is 4.98 Å². The molecule has 2 rings (SSSR count). The lowest BCUT2D eigenvalue weighted by Gasteiger charge is -2.03. The number of aromatic nitrogens is 1. The van der Waals surface area contributed by atoms with Gasteiger partial charge in [-0.1, -0.05) is 11.6 Å². The van der Waals surface area contributed by atoms with Crippen LogP contribution in [0.5, 0.6) is 0 Å². The van der Waals surface area contributed by atoms with Gasteiger partial charge in [-0.15, -0.1) is 0 Å². The maximum atomic E-state index is 12.1. The summed E-state index contributed by atoms with van der Waals surface area (Å²) in [6.07, 6.45) is 2.84. The predicted octanol–water partition coefficient (Wildman–Crippen LogP) is 2.61. The minimum Gasteiger partial charge on any atom is -0.468 e. The fraction of sp³-hybridized carbons (Fsp3) is 0.182. The lowest BCUT2D eigenvalue weighted by molar-refractivity contribution is 0.522. The summed E-state index contributed by atoms with van der Waals surface area (Å²) < 4.78 is 29.1. The summed E-state index contributed by atoms with van der Waals surface area (Å²) >= 11 is 5.71. The first-order chi connectivity index (χ1) is 7.99. The molecule has 4 nitrogen and oxygen atoms in total. The van der Waals surface area contributed by atoms with Crippen molar-refractivity contribution in [2.45, 2.75) is 17.6 Å². The quantitative estimate of drug-likeness (QED) is 0.805. The summed E-state index contributed by atoms with van der Waals surface area (Å²) in [7, 11) is -3.40. The molecule has 0 saturated heterocycles. The van der Waals surface area contributed by atoms with Crippen LogP contribution in [0.1, 0.15) is 11.3 Å². The second-order valence-electron chi connectivity index (χ2n) is 3.59. The molecule has 0 bridgehead atoms. The van der Waals surface area contributed by atoms with E-state index >= 15 is 0 Å².